The van der Waals surface area contributed by atoms with Crippen molar-refractivity contribution in [1.82, 2.24) is 9.80 Å². The molecule has 0 amide bonds. The number of hydrogen-bond acceptors (Lipinski definition) is 3. The molecule has 1 saturated heterocycles. The van der Waals surface area contributed by atoms with Gasteiger partial charge in [0, 0.05) is 44.7 Å². The van der Waals surface area contributed by atoms with E-state index in [1.165, 1.54) is 24.3 Å². The van der Waals surface area contributed by atoms with Crippen molar-refractivity contribution in [3.63, 3.8) is 0 Å². The molecule has 0 saturated carbocycles. The third-order valence-electron chi connectivity index (χ3n) is 5.89. The van der Waals surface area contributed by atoms with E-state index in [-0.39, 0.29) is 23.5 Å². The van der Waals surface area contributed by atoms with E-state index in [0.29, 0.717) is 6.42 Å². The summed E-state index contributed by atoms with van der Waals surface area (Å²) in [5, 5.41) is 0. The maximum absolute atomic E-state index is 13.5. The molecule has 1 aliphatic heterocycles. The Bertz CT molecular complexity index is 937. The Kier molecular flexibility index (Phi) is 6.85. The third-order valence-corrected chi connectivity index (χ3v) is 5.89. The summed E-state index contributed by atoms with van der Waals surface area (Å²) in [6.07, 6.45) is 0.503. The molecular formula is C26H26F2N2O. The molecular weight excluding hydrogens is 394 g/mol. The van der Waals surface area contributed by atoms with Crippen LogP contribution in [0.4, 0.5) is 8.78 Å². The first-order valence-electron chi connectivity index (χ1n) is 10.7. The van der Waals surface area contributed by atoms with Crippen LogP contribution >= 0.6 is 0 Å². The average molecular weight is 421 g/mol. The number of carbonyl (C=O) groups is 1. The molecule has 5 heteroatoms. The van der Waals surface area contributed by atoms with Crippen LogP contribution in [-0.2, 0) is 0 Å². The highest BCUT2D eigenvalue weighted by molar-refractivity contribution is 5.96. The van der Waals surface area contributed by atoms with Gasteiger partial charge >= 0.3 is 0 Å². The largest absolute Gasteiger partial charge is 0.300 e. The predicted octanol–water partition coefficient (Wildman–Crippen LogP) is 4.94. The molecule has 0 aliphatic carbocycles. The van der Waals surface area contributed by atoms with E-state index in [2.05, 4.69) is 9.80 Å². The summed E-state index contributed by atoms with van der Waals surface area (Å²) >= 11 is 0. The topological polar surface area (TPSA) is 23.6 Å². The van der Waals surface area contributed by atoms with Gasteiger partial charge in [0.15, 0.2) is 5.78 Å². The Morgan fingerprint density at radius 3 is 1.77 bits per heavy atom. The van der Waals surface area contributed by atoms with Crippen molar-refractivity contribution in [3.05, 3.63) is 107 Å². The fourth-order valence-electron chi connectivity index (χ4n) is 4.18. The second-order valence-corrected chi connectivity index (χ2v) is 7.92. The summed E-state index contributed by atoms with van der Waals surface area (Å²) in [7, 11) is 0. The second kappa shape index (κ2) is 9.94. The Labute approximate surface area is 181 Å². The first kappa shape index (κ1) is 21.3. The molecule has 1 heterocycles. The van der Waals surface area contributed by atoms with Crippen LogP contribution in [0.25, 0.3) is 0 Å². The number of hydrogen-bond donors (Lipinski definition) is 0. The van der Waals surface area contributed by atoms with E-state index in [1.54, 1.807) is 24.3 Å². The molecule has 3 nitrogen and oxygen atoms in total. The summed E-state index contributed by atoms with van der Waals surface area (Å²) in [5.74, 6) is -0.373. The van der Waals surface area contributed by atoms with Gasteiger partial charge in [0.05, 0.1) is 6.04 Å². The number of benzene rings is 3. The summed E-state index contributed by atoms with van der Waals surface area (Å²) in [6, 6.07) is 22.4. The SMILES string of the molecule is O=C(CCN1CCN(C(c2ccc(F)cc2)c2ccc(F)cc2)CC1)c1ccccc1. The minimum absolute atomic E-state index is 0.0608. The van der Waals surface area contributed by atoms with Gasteiger partial charge in [0.1, 0.15) is 11.6 Å². The van der Waals surface area contributed by atoms with Crippen LogP contribution in [0.15, 0.2) is 78.9 Å². The monoisotopic (exact) mass is 420 g/mol. The number of rotatable bonds is 7. The molecule has 0 unspecified atom stereocenters. The van der Waals surface area contributed by atoms with Gasteiger partial charge in [-0.15, -0.1) is 0 Å². The van der Waals surface area contributed by atoms with Gasteiger partial charge in [-0.2, -0.15) is 0 Å². The number of carbonyl (C=O) groups excluding carboxylic acids is 1. The highest BCUT2D eigenvalue weighted by atomic mass is 19.1. The fourth-order valence-corrected chi connectivity index (χ4v) is 4.18. The zero-order valence-electron chi connectivity index (χ0n) is 17.4. The van der Waals surface area contributed by atoms with Crippen molar-refractivity contribution in [2.24, 2.45) is 0 Å². The van der Waals surface area contributed by atoms with E-state index in [4.69, 9.17) is 0 Å². The predicted molar refractivity (Wildman–Crippen MR) is 118 cm³/mol. The molecule has 160 valence electrons. The Morgan fingerprint density at radius 1 is 0.742 bits per heavy atom. The van der Waals surface area contributed by atoms with Gasteiger partial charge in [0.25, 0.3) is 0 Å². The van der Waals surface area contributed by atoms with E-state index >= 15 is 0 Å². The molecule has 0 atom stereocenters. The Morgan fingerprint density at radius 2 is 1.26 bits per heavy atom. The average Bonchev–Trinajstić information content (AvgIpc) is 2.81. The lowest BCUT2D eigenvalue weighted by atomic mass is 9.96. The molecule has 31 heavy (non-hydrogen) atoms. The van der Waals surface area contributed by atoms with Crippen LogP contribution in [0.3, 0.4) is 0 Å². The van der Waals surface area contributed by atoms with Crippen LogP contribution < -0.4 is 0 Å². The van der Waals surface area contributed by atoms with Crippen LogP contribution in [0.1, 0.15) is 33.9 Å². The van der Waals surface area contributed by atoms with E-state index in [0.717, 1.165) is 49.4 Å². The van der Waals surface area contributed by atoms with Crippen molar-refractivity contribution >= 4 is 5.78 Å². The standard InChI is InChI=1S/C26H26F2N2O/c27-23-10-6-21(7-11-23)26(22-8-12-24(28)13-9-22)30-18-16-29(17-19-30)15-14-25(31)20-4-2-1-3-5-20/h1-13,26H,14-19H2. The molecule has 0 aromatic heterocycles. The first-order chi connectivity index (χ1) is 15.1. The molecule has 1 fully saturated rings. The Hall–Kier alpha value is -2.89. The summed E-state index contributed by atoms with van der Waals surface area (Å²) in [4.78, 5) is 17.0. The van der Waals surface area contributed by atoms with Crippen LogP contribution in [0, 0.1) is 11.6 Å². The maximum atomic E-state index is 13.5. The Balaban J connectivity index is 1.41. The van der Waals surface area contributed by atoms with Crippen LogP contribution in [-0.4, -0.2) is 48.3 Å². The normalized spacial score (nSPS) is 15.3. The van der Waals surface area contributed by atoms with Crippen LogP contribution in [0.2, 0.25) is 0 Å². The summed E-state index contributed by atoms with van der Waals surface area (Å²) in [6.45, 7) is 4.07. The number of halogens is 2. The lowest BCUT2D eigenvalue weighted by molar-refractivity contribution is 0.0893. The summed E-state index contributed by atoms with van der Waals surface area (Å²) < 4.78 is 26.9. The van der Waals surface area contributed by atoms with Crippen molar-refractivity contribution < 1.29 is 13.6 Å². The first-order valence-corrected chi connectivity index (χ1v) is 10.7. The molecule has 1 aliphatic rings. The molecule has 0 bridgehead atoms. The van der Waals surface area contributed by atoms with E-state index < -0.39 is 0 Å². The maximum Gasteiger partial charge on any atom is 0.164 e. The number of ketones is 1. The van der Waals surface area contributed by atoms with Crippen molar-refractivity contribution in [2.75, 3.05) is 32.7 Å². The van der Waals surface area contributed by atoms with E-state index in [9.17, 15) is 13.6 Å². The molecule has 0 radical (unpaired) electrons. The fraction of sp³-hybridized carbons (Fsp3) is 0.269. The molecule has 3 aromatic carbocycles. The zero-order chi connectivity index (χ0) is 21.6. The second-order valence-electron chi connectivity index (χ2n) is 7.92. The lowest BCUT2D eigenvalue weighted by Gasteiger charge is -2.39. The number of piperazine rings is 1. The molecule has 0 N–H and O–H groups in total. The van der Waals surface area contributed by atoms with Gasteiger partial charge in [-0.25, -0.2) is 8.78 Å². The minimum atomic E-state index is -0.269. The molecule has 4 rings (SSSR count). The quantitative estimate of drug-likeness (QED) is 0.506. The minimum Gasteiger partial charge on any atom is -0.300 e. The molecule has 3 aromatic rings. The lowest BCUT2D eigenvalue weighted by Crippen LogP contribution is -2.48. The zero-order valence-corrected chi connectivity index (χ0v) is 17.4. The van der Waals surface area contributed by atoms with Crippen molar-refractivity contribution in [2.45, 2.75) is 12.5 Å². The van der Waals surface area contributed by atoms with Crippen molar-refractivity contribution in [1.29, 1.82) is 0 Å². The van der Waals surface area contributed by atoms with Gasteiger partial charge in [0.2, 0.25) is 0 Å². The smallest absolute Gasteiger partial charge is 0.164 e. The van der Waals surface area contributed by atoms with Gasteiger partial charge < -0.3 is 4.90 Å². The van der Waals surface area contributed by atoms with Gasteiger partial charge in [-0.3, -0.25) is 9.69 Å². The molecule has 0 spiro atoms. The van der Waals surface area contributed by atoms with Gasteiger partial charge in [-0.05, 0) is 35.4 Å². The van der Waals surface area contributed by atoms with Gasteiger partial charge in [-0.1, -0.05) is 54.6 Å². The highest BCUT2D eigenvalue weighted by Gasteiger charge is 2.26. The highest BCUT2D eigenvalue weighted by Crippen LogP contribution is 2.30. The number of nitrogens with zero attached hydrogens (tertiary/aromatic N) is 2. The summed E-state index contributed by atoms with van der Waals surface area (Å²) in [5.41, 5.74) is 2.73. The van der Waals surface area contributed by atoms with Crippen LogP contribution in [0.5, 0.6) is 0 Å². The third kappa shape index (κ3) is 5.43. The number of Topliss-reactive ketones (excluding diaryl/α,β-unsaturated/α-hetero) is 1. The van der Waals surface area contributed by atoms with E-state index in [1.807, 2.05) is 30.3 Å². The van der Waals surface area contributed by atoms with Crippen molar-refractivity contribution in [3.8, 4) is 0 Å².